The minimum absolute atomic E-state index is 0. The van der Waals surface area contributed by atoms with Gasteiger partial charge in [-0.15, -0.1) is 24.8 Å². The lowest BCUT2D eigenvalue weighted by atomic mass is 9.94. The molecule has 104 valence electrons. The van der Waals surface area contributed by atoms with Crippen LogP contribution in [0.1, 0.15) is 25.7 Å². The average molecular weight is 295 g/mol. The van der Waals surface area contributed by atoms with Crippen molar-refractivity contribution >= 4 is 30.6 Å². The van der Waals surface area contributed by atoms with Crippen molar-refractivity contribution in [2.75, 3.05) is 12.4 Å². The SMILES string of the molecule is CNc1cc(OC2CCC(N)CC2)ncn1.Cl.Cl. The van der Waals surface area contributed by atoms with E-state index < -0.39 is 0 Å². The first-order valence-corrected chi connectivity index (χ1v) is 5.70. The number of aromatic nitrogens is 2. The molecule has 0 radical (unpaired) electrons. The van der Waals surface area contributed by atoms with Crippen molar-refractivity contribution in [2.45, 2.75) is 37.8 Å². The monoisotopic (exact) mass is 294 g/mol. The molecule has 0 bridgehead atoms. The van der Waals surface area contributed by atoms with E-state index in [0.29, 0.717) is 11.9 Å². The van der Waals surface area contributed by atoms with E-state index in [-0.39, 0.29) is 30.9 Å². The Morgan fingerprint density at radius 3 is 2.50 bits per heavy atom. The second kappa shape index (κ2) is 8.34. The topological polar surface area (TPSA) is 73.1 Å². The lowest BCUT2D eigenvalue weighted by Crippen LogP contribution is -2.31. The Morgan fingerprint density at radius 2 is 1.89 bits per heavy atom. The molecule has 1 saturated carbocycles. The number of hydrogen-bond donors (Lipinski definition) is 2. The summed E-state index contributed by atoms with van der Waals surface area (Å²) < 4.78 is 5.80. The third kappa shape index (κ3) is 4.84. The molecular formula is C11H20Cl2N4O. The summed E-state index contributed by atoms with van der Waals surface area (Å²) in [6, 6.07) is 2.16. The smallest absolute Gasteiger partial charge is 0.218 e. The Morgan fingerprint density at radius 1 is 1.22 bits per heavy atom. The highest BCUT2D eigenvalue weighted by atomic mass is 35.5. The molecule has 7 heteroatoms. The predicted octanol–water partition coefficient (Wildman–Crippen LogP) is 2.01. The largest absolute Gasteiger partial charge is 0.474 e. The van der Waals surface area contributed by atoms with Gasteiger partial charge < -0.3 is 15.8 Å². The van der Waals surface area contributed by atoms with Crippen LogP contribution in [-0.4, -0.2) is 29.2 Å². The van der Waals surface area contributed by atoms with Gasteiger partial charge in [0, 0.05) is 19.2 Å². The van der Waals surface area contributed by atoms with E-state index in [1.54, 1.807) is 0 Å². The van der Waals surface area contributed by atoms with Crippen LogP contribution < -0.4 is 15.8 Å². The van der Waals surface area contributed by atoms with E-state index >= 15 is 0 Å². The predicted molar refractivity (Wildman–Crippen MR) is 76.9 cm³/mol. The second-order valence-corrected chi connectivity index (χ2v) is 4.15. The van der Waals surface area contributed by atoms with Crippen LogP contribution in [0.15, 0.2) is 12.4 Å². The number of ether oxygens (including phenoxy) is 1. The highest BCUT2D eigenvalue weighted by molar-refractivity contribution is 5.85. The summed E-state index contributed by atoms with van der Waals surface area (Å²) in [5.74, 6) is 1.41. The number of nitrogens with two attached hydrogens (primary N) is 1. The van der Waals surface area contributed by atoms with Crippen molar-refractivity contribution in [3.05, 3.63) is 12.4 Å². The van der Waals surface area contributed by atoms with Crippen LogP contribution in [0.25, 0.3) is 0 Å². The van der Waals surface area contributed by atoms with E-state index in [9.17, 15) is 0 Å². The maximum absolute atomic E-state index is 5.84. The Labute approximate surface area is 120 Å². The van der Waals surface area contributed by atoms with Gasteiger partial charge in [-0.05, 0) is 25.7 Å². The molecule has 1 aromatic rings. The average Bonchev–Trinajstić information content (AvgIpc) is 2.32. The molecule has 1 aliphatic rings. The molecule has 1 aromatic heterocycles. The number of nitrogens with zero attached hydrogens (tertiary/aromatic N) is 2. The lowest BCUT2D eigenvalue weighted by Gasteiger charge is -2.26. The van der Waals surface area contributed by atoms with Crippen LogP contribution in [0.4, 0.5) is 5.82 Å². The first-order chi connectivity index (χ1) is 7.78. The molecule has 0 aromatic carbocycles. The standard InChI is InChI=1S/C11H18N4O.2ClH/c1-13-10-6-11(15-7-14-10)16-9-4-2-8(12)3-5-9;;/h6-9H,2-5,12H2,1H3,(H,13,14,15);2*1H. The van der Waals surface area contributed by atoms with Crippen LogP contribution in [0, 0.1) is 0 Å². The minimum atomic E-state index is 0. The number of hydrogen-bond acceptors (Lipinski definition) is 5. The van der Waals surface area contributed by atoms with Crippen molar-refractivity contribution in [1.29, 1.82) is 0 Å². The third-order valence-corrected chi connectivity index (χ3v) is 2.90. The van der Waals surface area contributed by atoms with Crippen molar-refractivity contribution in [1.82, 2.24) is 9.97 Å². The fourth-order valence-electron chi connectivity index (χ4n) is 1.92. The molecule has 5 nitrogen and oxygen atoms in total. The maximum atomic E-state index is 5.84. The third-order valence-electron chi connectivity index (χ3n) is 2.90. The molecular weight excluding hydrogens is 275 g/mol. The number of anilines is 1. The van der Waals surface area contributed by atoms with E-state index in [2.05, 4.69) is 15.3 Å². The molecule has 1 heterocycles. The van der Waals surface area contributed by atoms with Crippen molar-refractivity contribution < 1.29 is 4.74 Å². The van der Waals surface area contributed by atoms with Gasteiger partial charge in [-0.1, -0.05) is 0 Å². The molecule has 0 saturated heterocycles. The molecule has 1 fully saturated rings. The normalized spacial score (nSPS) is 22.3. The first kappa shape index (κ1) is 17.2. The van der Waals surface area contributed by atoms with Gasteiger partial charge in [0.1, 0.15) is 18.2 Å². The molecule has 0 aliphatic heterocycles. The molecule has 2 rings (SSSR count). The highest BCUT2D eigenvalue weighted by Gasteiger charge is 2.20. The number of rotatable bonds is 3. The van der Waals surface area contributed by atoms with Gasteiger partial charge in [-0.3, -0.25) is 0 Å². The molecule has 1 aliphatic carbocycles. The summed E-state index contributed by atoms with van der Waals surface area (Å²) in [7, 11) is 1.83. The summed E-state index contributed by atoms with van der Waals surface area (Å²) in [6.07, 6.45) is 5.86. The Balaban J connectivity index is 0.00000144. The van der Waals surface area contributed by atoms with Crippen LogP contribution in [0.3, 0.4) is 0 Å². The van der Waals surface area contributed by atoms with E-state index in [4.69, 9.17) is 10.5 Å². The molecule has 0 spiro atoms. The fraction of sp³-hybridized carbons (Fsp3) is 0.636. The fourth-order valence-corrected chi connectivity index (χ4v) is 1.92. The van der Waals surface area contributed by atoms with Gasteiger partial charge in [0.2, 0.25) is 5.88 Å². The van der Waals surface area contributed by atoms with E-state index in [1.807, 2.05) is 13.1 Å². The number of nitrogens with one attached hydrogen (secondary N) is 1. The van der Waals surface area contributed by atoms with Gasteiger partial charge in [-0.2, -0.15) is 0 Å². The maximum Gasteiger partial charge on any atom is 0.218 e. The molecule has 0 amide bonds. The van der Waals surface area contributed by atoms with E-state index in [1.165, 1.54) is 6.33 Å². The molecule has 3 N–H and O–H groups in total. The van der Waals surface area contributed by atoms with E-state index in [0.717, 1.165) is 31.5 Å². The zero-order valence-corrected chi connectivity index (χ0v) is 12.0. The first-order valence-electron chi connectivity index (χ1n) is 5.70. The second-order valence-electron chi connectivity index (χ2n) is 4.15. The van der Waals surface area contributed by atoms with Crippen molar-refractivity contribution in [2.24, 2.45) is 5.73 Å². The summed E-state index contributed by atoms with van der Waals surface area (Å²) in [5, 5.41) is 2.96. The Hall–Kier alpha value is -0.780. The lowest BCUT2D eigenvalue weighted by molar-refractivity contribution is 0.141. The van der Waals surface area contributed by atoms with Crippen LogP contribution in [0.2, 0.25) is 0 Å². The highest BCUT2D eigenvalue weighted by Crippen LogP contribution is 2.22. The number of halogens is 2. The van der Waals surface area contributed by atoms with Crippen LogP contribution >= 0.6 is 24.8 Å². The summed E-state index contributed by atoms with van der Waals surface area (Å²) in [6.45, 7) is 0. The van der Waals surface area contributed by atoms with Crippen LogP contribution in [-0.2, 0) is 0 Å². The molecule has 0 atom stereocenters. The van der Waals surface area contributed by atoms with Gasteiger partial charge in [-0.25, -0.2) is 9.97 Å². The Bertz CT molecular complexity index is 346. The zero-order valence-electron chi connectivity index (χ0n) is 10.3. The summed E-state index contributed by atoms with van der Waals surface area (Å²) in [5.41, 5.74) is 5.84. The van der Waals surface area contributed by atoms with Crippen LogP contribution in [0.5, 0.6) is 5.88 Å². The summed E-state index contributed by atoms with van der Waals surface area (Å²) >= 11 is 0. The van der Waals surface area contributed by atoms with Gasteiger partial charge >= 0.3 is 0 Å². The minimum Gasteiger partial charge on any atom is -0.474 e. The van der Waals surface area contributed by atoms with Crippen molar-refractivity contribution in [3.8, 4) is 5.88 Å². The van der Waals surface area contributed by atoms with Crippen molar-refractivity contribution in [3.63, 3.8) is 0 Å². The summed E-state index contributed by atoms with van der Waals surface area (Å²) in [4.78, 5) is 8.14. The Kier molecular flexibility index (Phi) is 7.98. The zero-order chi connectivity index (χ0) is 11.4. The molecule has 18 heavy (non-hydrogen) atoms. The van der Waals surface area contributed by atoms with Gasteiger partial charge in [0.05, 0.1) is 0 Å². The quantitative estimate of drug-likeness (QED) is 0.892. The van der Waals surface area contributed by atoms with Gasteiger partial charge in [0.15, 0.2) is 0 Å². The van der Waals surface area contributed by atoms with Gasteiger partial charge in [0.25, 0.3) is 0 Å². The molecule has 0 unspecified atom stereocenters.